The molecule has 0 bridgehead atoms. The van der Waals surface area contributed by atoms with E-state index in [1.54, 1.807) is 0 Å². The van der Waals surface area contributed by atoms with Crippen molar-refractivity contribution < 1.29 is 14.3 Å². The summed E-state index contributed by atoms with van der Waals surface area (Å²) in [5, 5.41) is 0. The van der Waals surface area contributed by atoms with Crippen LogP contribution in [0.15, 0.2) is 30.3 Å². The lowest BCUT2D eigenvalue weighted by molar-refractivity contribution is -0.153. The van der Waals surface area contributed by atoms with Crippen LogP contribution >= 0.6 is 0 Å². The number of rotatable bonds is 8. The van der Waals surface area contributed by atoms with Crippen LogP contribution in [0.1, 0.15) is 24.8 Å². The highest BCUT2D eigenvalue weighted by molar-refractivity contribution is 5.97. The lowest BCUT2D eigenvalue weighted by atomic mass is 9.95. The summed E-state index contributed by atoms with van der Waals surface area (Å²) in [4.78, 5) is 22.9. The number of unbranched alkanes of at least 4 members (excludes halogenated alkanes) is 1. The van der Waals surface area contributed by atoms with Crippen LogP contribution in [0.5, 0.6) is 0 Å². The zero-order valence-corrected chi connectivity index (χ0v) is 10.9. The Kier molecular flexibility index (Phi) is 6.18. The Morgan fingerprint density at radius 1 is 1.26 bits per heavy atom. The number of esters is 1. The first-order valence-electron chi connectivity index (χ1n) is 6.29. The summed E-state index contributed by atoms with van der Waals surface area (Å²) < 4.78 is 5.09. The van der Waals surface area contributed by atoms with E-state index in [1.807, 2.05) is 30.3 Å². The summed E-state index contributed by atoms with van der Waals surface area (Å²) in [6.07, 6.45) is 2.04. The average molecular weight is 264 g/mol. The maximum Gasteiger partial charge on any atom is 0.333 e. The lowest BCUT2D eigenvalue weighted by Crippen LogP contribution is -2.50. The van der Waals surface area contributed by atoms with Crippen molar-refractivity contribution >= 4 is 12.3 Å². The van der Waals surface area contributed by atoms with Crippen molar-refractivity contribution in [3.8, 4) is 0 Å². The fraction of sp³-hybridized carbons (Fsp3) is 0.429. The molecule has 1 atom stereocenters. The predicted molar refractivity (Wildman–Crippen MR) is 72.1 cm³/mol. The maximum atomic E-state index is 11.9. The first kappa shape index (κ1) is 15.3. The van der Waals surface area contributed by atoms with E-state index in [-0.39, 0.29) is 13.0 Å². The largest absolute Gasteiger partial charge is 0.459 e. The first-order chi connectivity index (χ1) is 9.12. The molecule has 0 fully saturated rings. The Labute approximate surface area is 112 Å². The monoisotopic (exact) mass is 264 g/mol. The Bertz CT molecular complexity index is 408. The Morgan fingerprint density at radius 2 is 1.95 bits per heavy atom. The quantitative estimate of drug-likeness (QED) is 0.313. The molecule has 5 nitrogen and oxygen atoms in total. The van der Waals surface area contributed by atoms with Gasteiger partial charge in [0.15, 0.2) is 11.8 Å². The molecule has 0 spiro atoms. The smallest absolute Gasteiger partial charge is 0.333 e. The molecule has 0 aliphatic carbocycles. The van der Waals surface area contributed by atoms with Crippen LogP contribution in [0.3, 0.4) is 0 Å². The summed E-state index contributed by atoms with van der Waals surface area (Å²) in [6, 6.07) is 9.23. The minimum Gasteiger partial charge on any atom is -0.459 e. The second-order valence-corrected chi connectivity index (χ2v) is 4.47. The summed E-state index contributed by atoms with van der Waals surface area (Å²) >= 11 is 0. The molecule has 1 aromatic carbocycles. The van der Waals surface area contributed by atoms with Crippen LogP contribution in [-0.4, -0.2) is 24.3 Å². The molecule has 0 saturated heterocycles. The van der Waals surface area contributed by atoms with Gasteiger partial charge in [-0.2, -0.15) is 0 Å². The number of carbonyl (C=O) groups excluding carboxylic acids is 2. The summed E-state index contributed by atoms with van der Waals surface area (Å²) in [7, 11) is 0. The van der Waals surface area contributed by atoms with E-state index in [0.717, 1.165) is 12.0 Å². The van der Waals surface area contributed by atoms with E-state index in [2.05, 4.69) is 0 Å². The molecule has 0 unspecified atom stereocenters. The van der Waals surface area contributed by atoms with Crippen LogP contribution in [0, 0.1) is 0 Å². The number of nitrogens with two attached hydrogens (primary N) is 2. The van der Waals surface area contributed by atoms with E-state index in [0.29, 0.717) is 19.3 Å². The molecule has 0 aliphatic rings. The normalized spacial score (nSPS) is 13.6. The fourth-order valence-corrected chi connectivity index (χ4v) is 1.63. The fourth-order valence-electron chi connectivity index (χ4n) is 1.63. The second-order valence-electron chi connectivity index (χ2n) is 4.47. The molecule has 1 aromatic rings. The molecular weight excluding hydrogens is 244 g/mol. The van der Waals surface area contributed by atoms with Crippen molar-refractivity contribution in [3.63, 3.8) is 0 Å². The van der Waals surface area contributed by atoms with Gasteiger partial charge in [0.2, 0.25) is 0 Å². The third kappa shape index (κ3) is 4.81. The SMILES string of the molecule is NCCCC[C@](N)(C=O)C(=O)OCc1ccccc1. The summed E-state index contributed by atoms with van der Waals surface area (Å²) in [6.45, 7) is 0.622. The first-order valence-corrected chi connectivity index (χ1v) is 6.29. The third-order valence-electron chi connectivity index (χ3n) is 2.85. The lowest BCUT2D eigenvalue weighted by Gasteiger charge is -2.20. The Morgan fingerprint density at radius 3 is 2.53 bits per heavy atom. The topological polar surface area (TPSA) is 95.4 Å². The van der Waals surface area contributed by atoms with Gasteiger partial charge in [-0.25, -0.2) is 4.79 Å². The van der Waals surface area contributed by atoms with Crippen molar-refractivity contribution in [1.29, 1.82) is 0 Å². The van der Waals surface area contributed by atoms with Crippen molar-refractivity contribution in [3.05, 3.63) is 35.9 Å². The van der Waals surface area contributed by atoms with Gasteiger partial charge in [0.1, 0.15) is 6.61 Å². The molecule has 5 heteroatoms. The van der Waals surface area contributed by atoms with Gasteiger partial charge in [0, 0.05) is 0 Å². The summed E-state index contributed by atoms with van der Waals surface area (Å²) in [5.74, 6) is -0.691. The van der Waals surface area contributed by atoms with Gasteiger partial charge in [-0.15, -0.1) is 0 Å². The van der Waals surface area contributed by atoms with E-state index < -0.39 is 11.5 Å². The van der Waals surface area contributed by atoms with Crippen LogP contribution in [0.4, 0.5) is 0 Å². The van der Waals surface area contributed by atoms with E-state index >= 15 is 0 Å². The second kappa shape index (κ2) is 7.66. The average Bonchev–Trinajstić information content (AvgIpc) is 2.45. The molecular formula is C14H20N2O3. The number of hydrogen-bond donors (Lipinski definition) is 2. The molecule has 4 N–H and O–H groups in total. The molecule has 19 heavy (non-hydrogen) atoms. The van der Waals surface area contributed by atoms with Crippen molar-refractivity contribution in [1.82, 2.24) is 0 Å². The van der Waals surface area contributed by atoms with Crippen molar-refractivity contribution in [2.75, 3.05) is 6.54 Å². The van der Waals surface area contributed by atoms with Crippen molar-refractivity contribution in [2.45, 2.75) is 31.4 Å². The van der Waals surface area contributed by atoms with Gasteiger partial charge < -0.3 is 21.0 Å². The highest BCUT2D eigenvalue weighted by Gasteiger charge is 2.34. The van der Waals surface area contributed by atoms with Gasteiger partial charge in [-0.3, -0.25) is 0 Å². The minimum atomic E-state index is -1.57. The molecule has 1 rings (SSSR count). The van der Waals surface area contributed by atoms with E-state index in [9.17, 15) is 9.59 Å². The minimum absolute atomic E-state index is 0.114. The number of hydrogen-bond acceptors (Lipinski definition) is 5. The Balaban J connectivity index is 2.51. The maximum absolute atomic E-state index is 11.9. The number of aldehydes is 1. The molecule has 0 radical (unpaired) electrons. The molecule has 0 aromatic heterocycles. The summed E-state index contributed by atoms with van der Waals surface area (Å²) in [5.41, 5.74) is 10.4. The zero-order chi connectivity index (χ0) is 14.1. The molecule has 0 heterocycles. The van der Waals surface area contributed by atoms with Gasteiger partial charge in [-0.1, -0.05) is 30.3 Å². The number of carbonyl (C=O) groups is 2. The van der Waals surface area contributed by atoms with Gasteiger partial charge in [0.05, 0.1) is 0 Å². The van der Waals surface area contributed by atoms with Gasteiger partial charge in [-0.05, 0) is 31.4 Å². The van der Waals surface area contributed by atoms with E-state index in [1.165, 1.54) is 0 Å². The van der Waals surface area contributed by atoms with Gasteiger partial charge in [0.25, 0.3) is 0 Å². The Hall–Kier alpha value is -1.72. The molecule has 0 aliphatic heterocycles. The number of benzene rings is 1. The van der Waals surface area contributed by atoms with Crippen LogP contribution < -0.4 is 11.5 Å². The van der Waals surface area contributed by atoms with Crippen LogP contribution in [0.25, 0.3) is 0 Å². The highest BCUT2D eigenvalue weighted by atomic mass is 16.5. The van der Waals surface area contributed by atoms with Crippen LogP contribution in [-0.2, 0) is 20.9 Å². The van der Waals surface area contributed by atoms with Gasteiger partial charge >= 0.3 is 5.97 Å². The van der Waals surface area contributed by atoms with Crippen molar-refractivity contribution in [2.24, 2.45) is 11.5 Å². The zero-order valence-electron chi connectivity index (χ0n) is 10.9. The molecule has 0 amide bonds. The highest BCUT2D eigenvalue weighted by Crippen LogP contribution is 2.12. The van der Waals surface area contributed by atoms with Crippen LogP contribution in [0.2, 0.25) is 0 Å². The molecule has 104 valence electrons. The van der Waals surface area contributed by atoms with E-state index in [4.69, 9.17) is 16.2 Å². The standard InChI is InChI=1S/C14H20N2O3/c15-9-5-4-8-14(16,11-17)13(18)19-10-12-6-2-1-3-7-12/h1-3,6-7,11H,4-5,8-10,15-16H2/t14-/m0/s1. The number of ether oxygens (including phenoxy) is 1. The predicted octanol–water partition coefficient (Wildman–Crippen LogP) is 0.755. The third-order valence-corrected chi connectivity index (χ3v) is 2.85. The molecule has 0 saturated carbocycles.